The van der Waals surface area contributed by atoms with E-state index in [1.54, 1.807) is 164 Å². The standard InChI is InChI=1S/C24H17F3N2O3.2C22H17N3O3/c1-32-20-8-4-5-15(22(20)30)9-14-21-28-19-7-3-2-6-18(19)23(31)29(21)17-12-10-16(11-13-17)24(25,26)27;1-28-18-10-6-7-15(21(18)26)12-13-20-24-17-9-3-2-8-16(17)22(27)25(20)19-11-4-5-14-23-19;1-28-18-11-5-7-15(20(18)26)12-13-19-24-21-17(10-6-14-23-21)22(27)25(19)16-8-3-2-4-9-16/h2-14,30H,1H3;2*2-14,26H,1H3/b14-9+;2*13-12+. The molecule has 5 heterocycles. The lowest BCUT2D eigenvalue weighted by molar-refractivity contribution is -0.137. The van der Waals surface area contributed by atoms with Gasteiger partial charge in [0.15, 0.2) is 40.1 Å². The molecular formula is C68H51F3N8O9. The summed E-state index contributed by atoms with van der Waals surface area (Å²) in [5.41, 5.74) is 2.19. The molecule has 17 nitrogen and oxygen atoms in total. The number of methoxy groups -OCH3 is 3. The average Bonchev–Trinajstić information content (AvgIpc) is 2.56. The number of para-hydroxylation sites is 6. The first-order valence-electron chi connectivity index (χ1n) is 26.8. The van der Waals surface area contributed by atoms with E-state index in [4.69, 9.17) is 14.2 Å². The van der Waals surface area contributed by atoms with Crippen LogP contribution in [-0.2, 0) is 6.18 Å². The summed E-state index contributed by atoms with van der Waals surface area (Å²) < 4.78 is 58.5. The minimum absolute atomic E-state index is 0.0220. The molecule has 0 fully saturated rings. The first kappa shape index (κ1) is 59.2. The SMILES string of the molecule is COc1cccc(/C=C/c2nc3ccccc3c(=O)n2-c2ccc(C(F)(F)F)cc2)c1O.COc1cccc(/C=C/c2nc3ccccc3c(=O)n2-c2ccccn2)c1O.COc1cccc(/C=C/c2nc3ncccc3c(=O)n2-c2ccccc2)c1O. The molecule has 0 unspecified atom stereocenters. The number of pyridine rings is 2. The number of hydrogen-bond donors (Lipinski definition) is 3. The second kappa shape index (κ2) is 26.3. The minimum atomic E-state index is -4.49. The molecule has 0 spiro atoms. The molecule has 12 rings (SSSR count). The van der Waals surface area contributed by atoms with Crippen LogP contribution in [0, 0.1) is 0 Å². The molecule has 7 aromatic carbocycles. The second-order valence-corrected chi connectivity index (χ2v) is 19.0. The van der Waals surface area contributed by atoms with Gasteiger partial charge in [-0.2, -0.15) is 13.2 Å². The first-order valence-corrected chi connectivity index (χ1v) is 26.8. The molecule has 3 N–H and O–H groups in total. The number of rotatable bonds is 12. The second-order valence-electron chi connectivity index (χ2n) is 19.0. The predicted octanol–water partition coefficient (Wildman–Crippen LogP) is 12.6. The molecule has 12 aromatic rings. The van der Waals surface area contributed by atoms with Crippen LogP contribution in [0.15, 0.2) is 215 Å². The summed E-state index contributed by atoms with van der Waals surface area (Å²) in [4.78, 5) is 61.6. The Morgan fingerprint density at radius 3 is 1.28 bits per heavy atom. The van der Waals surface area contributed by atoms with Crippen molar-refractivity contribution in [3.63, 3.8) is 0 Å². The van der Waals surface area contributed by atoms with Crippen LogP contribution in [0.5, 0.6) is 34.5 Å². The molecule has 0 atom stereocenters. The van der Waals surface area contributed by atoms with Gasteiger partial charge >= 0.3 is 6.18 Å². The van der Waals surface area contributed by atoms with E-state index in [0.29, 0.717) is 84.2 Å². The van der Waals surface area contributed by atoms with Gasteiger partial charge in [-0.25, -0.2) is 29.5 Å². The number of phenols is 3. The van der Waals surface area contributed by atoms with E-state index >= 15 is 0 Å². The largest absolute Gasteiger partial charge is 0.504 e. The van der Waals surface area contributed by atoms with Gasteiger partial charge in [0, 0.05) is 29.1 Å². The number of nitrogens with zero attached hydrogens (tertiary/aromatic N) is 8. The molecule has 0 aliphatic carbocycles. The van der Waals surface area contributed by atoms with Crippen LogP contribution in [0.4, 0.5) is 13.2 Å². The number of benzene rings is 7. The maximum absolute atomic E-state index is 13.2. The minimum Gasteiger partial charge on any atom is -0.504 e. The van der Waals surface area contributed by atoms with Crippen molar-refractivity contribution in [2.24, 2.45) is 0 Å². The van der Waals surface area contributed by atoms with Gasteiger partial charge in [-0.05, 0) is 140 Å². The van der Waals surface area contributed by atoms with Crippen LogP contribution >= 0.6 is 0 Å². The Morgan fingerprint density at radius 2 is 0.807 bits per heavy atom. The van der Waals surface area contributed by atoms with Gasteiger partial charge in [-0.1, -0.05) is 84.9 Å². The van der Waals surface area contributed by atoms with Gasteiger partial charge in [-0.3, -0.25) is 23.5 Å². The predicted molar refractivity (Wildman–Crippen MR) is 333 cm³/mol. The number of halogens is 3. The fraction of sp³-hybridized carbons (Fsp3) is 0.0588. The Hall–Kier alpha value is -11.9. The highest BCUT2D eigenvalue weighted by molar-refractivity contribution is 5.83. The smallest absolute Gasteiger partial charge is 0.416 e. The third-order valence-electron chi connectivity index (χ3n) is 13.6. The number of hydrogen-bond acceptors (Lipinski definition) is 14. The third-order valence-corrected chi connectivity index (χ3v) is 13.6. The van der Waals surface area contributed by atoms with E-state index in [2.05, 4.69) is 24.9 Å². The fourth-order valence-electron chi connectivity index (χ4n) is 9.26. The number of ether oxygens (including phenoxy) is 3. The maximum atomic E-state index is 13.2. The van der Waals surface area contributed by atoms with Crippen molar-refractivity contribution in [1.82, 2.24) is 38.6 Å². The van der Waals surface area contributed by atoms with Crippen LogP contribution in [0.3, 0.4) is 0 Å². The molecule has 0 aliphatic heterocycles. The average molecular weight is 1180 g/mol. The number of phenolic OH excluding ortho intramolecular Hbond substituents is 3. The zero-order valence-electron chi connectivity index (χ0n) is 47.0. The summed E-state index contributed by atoms with van der Waals surface area (Å²) >= 11 is 0. The van der Waals surface area contributed by atoms with Gasteiger partial charge < -0.3 is 29.5 Å². The van der Waals surface area contributed by atoms with Gasteiger partial charge in [0.2, 0.25) is 0 Å². The van der Waals surface area contributed by atoms with Gasteiger partial charge in [0.1, 0.15) is 23.3 Å². The van der Waals surface area contributed by atoms with Crippen molar-refractivity contribution in [3.05, 3.63) is 271 Å². The maximum Gasteiger partial charge on any atom is 0.416 e. The van der Waals surface area contributed by atoms with Crippen molar-refractivity contribution < 1.29 is 42.7 Å². The van der Waals surface area contributed by atoms with Crippen molar-refractivity contribution in [1.29, 1.82) is 0 Å². The molecule has 88 heavy (non-hydrogen) atoms. The Labute approximate surface area is 499 Å². The summed E-state index contributed by atoms with van der Waals surface area (Å²) in [6.07, 6.45) is 8.53. The van der Waals surface area contributed by atoms with Crippen LogP contribution in [-0.4, -0.2) is 75.3 Å². The van der Waals surface area contributed by atoms with Crippen molar-refractivity contribution in [3.8, 4) is 51.7 Å². The Bertz CT molecular complexity index is 4610. The third kappa shape index (κ3) is 12.8. The Balaban J connectivity index is 0.000000146. The lowest BCUT2D eigenvalue weighted by atomic mass is 10.1. The van der Waals surface area contributed by atoms with E-state index in [1.165, 1.54) is 53.2 Å². The zero-order valence-corrected chi connectivity index (χ0v) is 47.0. The molecule has 0 saturated carbocycles. The summed E-state index contributed by atoms with van der Waals surface area (Å²) in [6.45, 7) is 0. The molecule has 438 valence electrons. The number of aromatic hydroxyl groups is 3. The monoisotopic (exact) mass is 1180 g/mol. The van der Waals surface area contributed by atoms with Crippen molar-refractivity contribution in [2.75, 3.05) is 21.3 Å². The summed E-state index contributed by atoms with van der Waals surface area (Å²) in [5, 5.41) is 32.2. The lowest BCUT2D eigenvalue weighted by Crippen LogP contribution is -2.23. The molecule has 0 radical (unpaired) electrons. The highest BCUT2D eigenvalue weighted by Crippen LogP contribution is 2.34. The highest BCUT2D eigenvalue weighted by Gasteiger charge is 2.30. The van der Waals surface area contributed by atoms with Crippen molar-refractivity contribution >= 4 is 69.3 Å². The van der Waals surface area contributed by atoms with E-state index in [1.807, 2.05) is 42.5 Å². The van der Waals surface area contributed by atoms with E-state index in [9.17, 15) is 42.9 Å². The van der Waals surface area contributed by atoms with E-state index in [0.717, 1.165) is 12.1 Å². The molecule has 0 aliphatic rings. The normalized spacial score (nSPS) is 11.4. The van der Waals surface area contributed by atoms with E-state index in [-0.39, 0.29) is 45.6 Å². The fourth-order valence-corrected chi connectivity index (χ4v) is 9.26. The molecule has 20 heteroatoms. The molecule has 0 bridgehead atoms. The summed E-state index contributed by atoms with van der Waals surface area (Å²) in [6, 6.07) is 51.5. The Kier molecular flexibility index (Phi) is 17.7. The number of alkyl halides is 3. The molecule has 5 aromatic heterocycles. The van der Waals surface area contributed by atoms with E-state index < -0.39 is 17.3 Å². The van der Waals surface area contributed by atoms with Gasteiger partial charge in [0.05, 0.1) is 65.5 Å². The number of fused-ring (bicyclic) bond motifs is 3. The molecule has 0 amide bonds. The zero-order chi connectivity index (χ0) is 61.9. The topological polar surface area (TPSA) is 219 Å². The number of aromatic nitrogens is 8. The highest BCUT2D eigenvalue weighted by atomic mass is 19.4. The van der Waals surface area contributed by atoms with Crippen LogP contribution in [0.25, 0.3) is 86.5 Å². The lowest BCUT2D eigenvalue weighted by Gasteiger charge is -2.13. The van der Waals surface area contributed by atoms with Gasteiger partial charge in [-0.15, -0.1) is 0 Å². The van der Waals surface area contributed by atoms with Crippen LogP contribution in [0.2, 0.25) is 0 Å². The molecular weight excluding hydrogens is 1130 g/mol. The van der Waals surface area contributed by atoms with Crippen LogP contribution in [0.1, 0.15) is 39.7 Å². The summed E-state index contributed by atoms with van der Waals surface area (Å²) in [5.74, 6) is 2.45. The first-order chi connectivity index (χ1) is 42.7. The van der Waals surface area contributed by atoms with Crippen LogP contribution < -0.4 is 30.9 Å². The Morgan fingerprint density at radius 1 is 0.398 bits per heavy atom. The molecule has 0 saturated heterocycles. The summed E-state index contributed by atoms with van der Waals surface area (Å²) in [7, 11) is 4.41. The van der Waals surface area contributed by atoms with Gasteiger partial charge in [0.25, 0.3) is 16.7 Å². The quantitative estimate of drug-likeness (QED) is 0.104. The van der Waals surface area contributed by atoms with Crippen molar-refractivity contribution in [2.45, 2.75) is 6.18 Å².